The molecule has 0 amide bonds. The highest BCUT2D eigenvalue weighted by Gasteiger charge is 2.33. The predicted octanol–water partition coefficient (Wildman–Crippen LogP) is 11.1. The van der Waals surface area contributed by atoms with E-state index in [1.165, 1.54) is 76.3 Å². The van der Waals surface area contributed by atoms with Crippen molar-refractivity contribution in [2.24, 2.45) is 0 Å². The smallest absolute Gasteiger partial charge is 0.177 e. The van der Waals surface area contributed by atoms with Gasteiger partial charge in [0.2, 0.25) is 0 Å². The quantitative estimate of drug-likeness (QED) is 0.134. The van der Waals surface area contributed by atoms with Gasteiger partial charge < -0.3 is 0 Å². The first-order valence-corrected chi connectivity index (χ1v) is 19.8. The van der Waals surface area contributed by atoms with E-state index in [0.717, 1.165) is 39.2 Å². The Morgan fingerprint density at radius 1 is 0.426 bits per heavy atom. The monoisotopic (exact) mass is 694 g/mol. The van der Waals surface area contributed by atoms with E-state index in [1.807, 2.05) is 18.2 Å². The van der Waals surface area contributed by atoms with Crippen LogP contribution in [-0.4, -0.2) is 20.1 Å². The molecule has 2 fully saturated rings. The highest BCUT2D eigenvalue weighted by atomic mass is 14.3. The lowest BCUT2D eigenvalue weighted by Gasteiger charge is -2.29. The van der Waals surface area contributed by atoms with Crippen LogP contribution in [-0.2, 0) is 0 Å². The first-order chi connectivity index (χ1) is 26.3. The van der Waals surface area contributed by atoms with Gasteiger partial charge in [-0.25, -0.2) is 0 Å². The standard InChI is InChI=1S/C49H45B3N2/c1-50(2)48-25-33(31-53)24-41(29-48)35-12-14-37(15-13-35)43-26-42(27-44(28-43)38-18-20-46(21-19-38)51(3)45-6-5-7-45)36-10-8-34(9-11-36)39-16-17-40(32-54)49(30-39)52(4)47-22-23-47/h8-21,24-30,45,47H,5-7,22-23H2,1-4H3. The summed E-state index contributed by atoms with van der Waals surface area (Å²) in [6.45, 7) is 10.4. The fourth-order valence-electron chi connectivity index (χ4n) is 8.32. The largest absolute Gasteiger partial charge is 0.192 e. The van der Waals surface area contributed by atoms with Crippen LogP contribution in [0.5, 0.6) is 0 Å². The van der Waals surface area contributed by atoms with Crippen LogP contribution < -0.4 is 16.4 Å². The SMILES string of the molecule is CB(C)c1cc(C#N)cc(-c2ccc(-c3cc(-c4ccc(B(C)C5CCC5)cc4)cc(-c4ccc(-c5ccc(C#N)c(B(C)C6CC6)c5)cc4)c3)cc2)c1. The second-order valence-corrected chi connectivity index (χ2v) is 16.2. The summed E-state index contributed by atoms with van der Waals surface area (Å²) in [5, 5.41) is 19.5. The predicted molar refractivity (Wildman–Crippen MR) is 233 cm³/mol. The number of nitriles is 2. The van der Waals surface area contributed by atoms with Gasteiger partial charge in [0.25, 0.3) is 0 Å². The molecule has 0 unspecified atom stereocenters. The van der Waals surface area contributed by atoms with Gasteiger partial charge in [-0.05, 0) is 92.0 Å². The Morgan fingerprint density at radius 3 is 1.33 bits per heavy atom. The van der Waals surface area contributed by atoms with Gasteiger partial charge in [0, 0.05) is 5.56 Å². The molecule has 2 nitrogen and oxygen atoms in total. The molecular weight excluding hydrogens is 649 g/mol. The summed E-state index contributed by atoms with van der Waals surface area (Å²) in [5.41, 5.74) is 16.9. The van der Waals surface area contributed by atoms with Crippen molar-refractivity contribution in [3.8, 4) is 67.8 Å². The van der Waals surface area contributed by atoms with E-state index < -0.39 is 0 Å². The molecule has 0 aliphatic heterocycles. The number of hydrogen-bond donors (Lipinski definition) is 0. The van der Waals surface area contributed by atoms with Crippen LogP contribution >= 0.6 is 0 Å². The first-order valence-electron chi connectivity index (χ1n) is 19.8. The maximum Gasteiger partial charge on any atom is 0.177 e. The molecule has 0 spiro atoms. The third-order valence-electron chi connectivity index (χ3n) is 12.4. The average molecular weight is 694 g/mol. The fraction of sp³-hybridized carbons (Fsp3) is 0.224. The summed E-state index contributed by atoms with van der Waals surface area (Å²) < 4.78 is 0. The van der Waals surface area contributed by atoms with Crippen LogP contribution in [0.4, 0.5) is 0 Å². The number of nitrogens with zero attached hydrogens (tertiary/aromatic N) is 2. The van der Waals surface area contributed by atoms with Crippen LogP contribution in [0.2, 0.25) is 38.9 Å². The highest BCUT2D eigenvalue weighted by molar-refractivity contribution is 6.75. The van der Waals surface area contributed by atoms with Gasteiger partial charge in [0.15, 0.2) is 20.1 Å². The molecule has 8 rings (SSSR count). The van der Waals surface area contributed by atoms with Gasteiger partial charge >= 0.3 is 0 Å². The summed E-state index contributed by atoms with van der Waals surface area (Å²) in [6.07, 6.45) is 6.58. The van der Waals surface area contributed by atoms with Gasteiger partial charge in [-0.2, -0.15) is 10.5 Å². The molecule has 0 bridgehead atoms. The van der Waals surface area contributed by atoms with Crippen molar-refractivity contribution in [3.05, 3.63) is 139 Å². The minimum atomic E-state index is 0.347. The lowest BCUT2D eigenvalue weighted by atomic mass is 9.35. The van der Waals surface area contributed by atoms with Gasteiger partial charge in [-0.15, -0.1) is 0 Å². The number of hydrogen-bond acceptors (Lipinski definition) is 2. The molecule has 2 aliphatic rings. The summed E-state index contributed by atoms with van der Waals surface area (Å²) in [7, 11) is 0. The Labute approximate surface area is 323 Å². The topological polar surface area (TPSA) is 47.6 Å². The lowest BCUT2D eigenvalue weighted by Crippen LogP contribution is -2.34. The summed E-state index contributed by atoms with van der Waals surface area (Å²) in [6, 6.07) is 51.3. The summed E-state index contributed by atoms with van der Waals surface area (Å²) in [4.78, 5) is 0. The maximum atomic E-state index is 9.83. The Bertz CT molecular complexity index is 2390. The minimum absolute atomic E-state index is 0.347. The van der Waals surface area contributed by atoms with E-state index in [-0.39, 0.29) is 0 Å². The third-order valence-corrected chi connectivity index (χ3v) is 12.4. The fourth-order valence-corrected chi connectivity index (χ4v) is 8.32. The summed E-state index contributed by atoms with van der Waals surface area (Å²) >= 11 is 0. The Kier molecular flexibility index (Phi) is 9.92. The molecular formula is C49H45B3N2. The molecule has 6 aromatic carbocycles. The highest BCUT2D eigenvalue weighted by Crippen LogP contribution is 2.40. The molecule has 0 saturated heterocycles. The zero-order chi connectivity index (χ0) is 37.3. The van der Waals surface area contributed by atoms with E-state index in [0.29, 0.717) is 31.5 Å². The van der Waals surface area contributed by atoms with Crippen molar-refractivity contribution in [2.75, 3.05) is 0 Å². The van der Waals surface area contributed by atoms with Crippen molar-refractivity contribution >= 4 is 36.5 Å². The average Bonchev–Trinajstić information content (AvgIpc) is 4.05. The Balaban J connectivity index is 1.15. The van der Waals surface area contributed by atoms with E-state index >= 15 is 0 Å². The lowest BCUT2D eigenvalue weighted by molar-refractivity contribution is 0.496. The molecule has 0 aromatic heterocycles. The zero-order valence-electron chi connectivity index (χ0n) is 31.9. The van der Waals surface area contributed by atoms with Crippen molar-refractivity contribution in [1.82, 2.24) is 0 Å². The Hall–Kier alpha value is -5.51. The van der Waals surface area contributed by atoms with Crippen LogP contribution in [0, 0.1) is 22.7 Å². The Morgan fingerprint density at radius 2 is 0.889 bits per heavy atom. The molecule has 0 atom stereocenters. The number of benzene rings is 6. The number of rotatable bonds is 10. The van der Waals surface area contributed by atoms with Gasteiger partial charge in [0.1, 0.15) is 0 Å². The third kappa shape index (κ3) is 7.34. The van der Waals surface area contributed by atoms with Crippen molar-refractivity contribution < 1.29 is 0 Å². The van der Waals surface area contributed by atoms with E-state index in [9.17, 15) is 10.5 Å². The normalized spacial score (nSPS) is 13.7. The van der Waals surface area contributed by atoms with Crippen LogP contribution in [0.15, 0.2) is 127 Å². The van der Waals surface area contributed by atoms with Crippen molar-refractivity contribution in [2.45, 2.75) is 71.0 Å². The van der Waals surface area contributed by atoms with Crippen molar-refractivity contribution in [1.29, 1.82) is 10.5 Å². The summed E-state index contributed by atoms with van der Waals surface area (Å²) in [5.74, 6) is 1.51. The second-order valence-electron chi connectivity index (χ2n) is 16.2. The van der Waals surface area contributed by atoms with Gasteiger partial charge in [0.05, 0.1) is 17.7 Å². The van der Waals surface area contributed by atoms with Crippen LogP contribution in [0.3, 0.4) is 0 Å². The molecule has 0 radical (unpaired) electrons. The zero-order valence-corrected chi connectivity index (χ0v) is 31.9. The molecule has 0 heterocycles. The van der Waals surface area contributed by atoms with E-state index in [2.05, 4.69) is 149 Å². The first kappa shape index (κ1) is 35.5. The molecule has 260 valence electrons. The van der Waals surface area contributed by atoms with Gasteiger partial charge in [-0.3, -0.25) is 0 Å². The van der Waals surface area contributed by atoms with Crippen LogP contribution in [0.25, 0.3) is 55.6 Å². The van der Waals surface area contributed by atoms with E-state index in [1.54, 1.807) is 0 Å². The van der Waals surface area contributed by atoms with Crippen molar-refractivity contribution in [3.63, 3.8) is 0 Å². The maximum absolute atomic E-state index is 9.83. The minimum Gasteiger partial charge on any atom is -0.192 e. The molecule has 5 heteroatoms. The molecule has 2 aliphatic carbocycles. The second kappa shape index (κ2) is 15.1. The molecule has 54 heavy (non-hydrogen) atoms. The molecule has 6 aromatic rings. The molecule has 0 N–H and O–H groups in total. The van der Waals surface area contributed by atoms with Crippen LogP contribution in [0.1, 0.15) is 43.2 Å². The van der Waals surface area contributed by atoms with Gasteiger partial charge in [-0.1, -0.05) is 178 Å². The van der Waals surface area contributed by atoms with E-state index in [4.69, 9.17) is 0 Å². The molecule has 2 saturated carbocycles.